The van der Waals surface area contributed by atoms with Gasteiger partial charge < -0.3 is 14.9 Å². The second kappa shape index (κ2) is 7.13. The molecule has 0 amide bonds. The summed E-state index contributed by atoms with van der Waals surface area (Å²) in [6.45, 7) is 0. The van der Waals surface area contributed by atoms with Crippen molar-refractivity contribution in [2.75, 3.05) is 0 Å². The summed E-state index contributed by atoms with van der Waals surface area (Å²) in [6.07, 6.45) is -6.28. The first-order chi connectivity index (χ1) is 12.4. The van der Waals surface area contributed by atoms with Crippen LogP contribution in [0.15, 0.2) is 18.2 Å². The molecule has 28 heavy (non-hydrogen) atoms. The number of rotatable bonds is 5. The molecule has 0 saturated carbocycles. The van der Waals surface area contributed by atoms with E-state index in [0.717, 1.165) is 6.11 Å². The molecule has 1 aromatic carbocycles. The van der Waals surface area contributed by atoms with Gasteiger partial charge in [-0.2, -0.15) is 39.5 Å². The lowest BCUT2D eigenvalue weighted by atomic mass is 10.0. The third-order valence-corrected chi connectivity index (χ3v) is 2.92. The van der Waals surface area contributed by atoms with E-state index >= 15 is 0 Å². The predicted molar refractivity (Wildman–Crippen MR) is 69.7 cm³/mol. The smallest absolute Gasteiger partial charge is 0.460 e. The molecule has 0 radical (unpaired) electrons. The van der Waals surface area contributed by atoms with Crippen LogP contribution in [0.4, 0.5) is 39.5 Å². The van der Waals surface area contributed by atoms with Crippen molar-refractivity contribution >= 4 is 11.9 Å². The number of halogens is 9. The van der Waals surface area contributed by atoms with E-state index in [-0.39, 0.29) is 5.92 Å². The van der Waals surface area contributed by atoms with Crippen LogP contribution in [-0.4, -0.2) is 46.1 Å². The topological polar surface area (TPSA) is 83.8 Å². The third-order valence-electron chi connectivity index (χ3n) is 2.92. The first-order valence-corrected chi connectivity index (χ1v) is 6.45. The number of alkyl halides is 9. The molecule has 2 N–H and O–H groups in total. The summed E-state index contributed by atoms with van der Waals surface area (Å²) >= 11 is 0. The fraction of sp³-hybridized carbons (Fsp3) is 0.286. The molecule has 0 fully saturated rings. The Kier molecular flexibility index (Phi) is 5.84. The molecule has 0 heterocycles. The molecule has 0 aliphatic carbocycles. The van der Waals surface area contributed by atoms with E-state index in [0.29, 0.717) is 18.2 Å². The van der Waals surface area contributed by atoms with Crippen molar-refractivity contribution in [3.8, 4) is 17.8 Å². The lowest BCUT2D eigenvalue weighted by Crippen LogP contribution is -2.60. The van der Waals surface area contributed by atoms with Gasteiger partial charge in [0.2, 0.25) is 0 Å². The van der Waals surface area contributed by atoms with Crippen LogP contribution in [-0.2, 0) is 0 Å². The molecule has 0 atom stereocenters. The minimum atomic E-state index is -7.14. The number of benzene rings is 1. The Morgan fingerprint density at radius 3 is 1.57 bits per heavy atom. The zero-order chi connectivity index (χ0) is 22.1. The molecule has 0 spiro atoms. The van der Waals surface area contributed by atoms with Gasteiger partial charge in [0, 0.05) is 5.92 Å². The maximum Gasteiger partial charge on any atom is 0.460 e. The van der Waals surface area contributed by atoms with Crippen LogP contribution < -0.4 is 4.74 Å². The molecule has 0 aliphatic rings. The summed E-state index contributed by atoms with van der Waals surface area (Å²) < 4.78 is 118. The van der Waals surface area contributed by atoms with Gasteiger partial charge >= 0.3 is 35.9 Å². The van der Waals surface area contributed by atoms with Crippen LogP contribution in [0.25, 0.3) is 0 Å². The molecule has 0 aromatic heterocycles. The van der Waals surface area contributed by atoms with Crippen LogP contribution >= 0.6 is 0 Å². The second-order valence-corrected chi connectivity index (χ2v) is 4.91. The molecule has 154 valence electrons. The van der Waals surface area contributed by atoms with Crippen molar-refractivity contribution in [1.82, 2.24) is 0 Å². The molecular formula is C14H5F9O5. The molecule has 0 unspecified atom stereocenters. The lowest BCUT2D eigenvalue weighted by molar-refractivity contribution is -0.386. The summed E-state index contributed by atoms with van der Waals surface area (Å²) in [5.74, 6) is -24.6. The monoisotopic (exact) mass is 424 g/mol. The molecule has 1 rings (SSSR count). The fourth-order valence-corrected chi connectivity index (χ4v) is 1.51. The minimum Gasteiger partial charge on any atom is -0.478 e. The van der Waals surface area contributed by atoms with Gasteiger partial charge in [0.1, 0.15) is 11.9 Å². The van der Waals surface area contributed by atoms with Gasteiger partial charge in [0.05, 0.1) is 11.1 Å². The molecule has 0 aliphatic heterocycles. The summed E-state index contributed by atoms with van der Waals surface area (Å²) in [4.78, 5) is 21.6. The Morgan fingerprint density at radius 1 is 0.786 bits per heavy atom. The number of carboxylic acid groups (broad SMARTS) is 2. The average Bonchev–Trinajstić information content (AvgIpc) is 2.52. The Morgan fingerprint density at radius 2 is 1.21 bits per heavy atom. The van der Waals surface area contributed by atoms with Gasteiger partial charge in [-0.15, -0.1) is 0 Å². The van der Waals surface area contributed by atoms with Gasteiger partial charge in [-0.25, -0.2) is 9.59 Å². The van der Waals surface area contributed by atoms with E-state index in [9.17, 15) is 49.1 Å². The number of hydrogen-bond donors (Lipinski definition) is 2. The first kappa shape index (κ1) is 22.9. The molecular weight excluding hydrogens is 419 g/mol. The van der Waals surface area contributed by atoms with E-state index < -0.39 is 52.8 Å². The summed E-state index contributed by atoms with van der Waals surface area (Å²) in [6, 6.07) is 1.60. The number of carboxylic acids is 2. The quantitative estimate of drug-likeness (QED) is 0.554. The molecule has 0 bridgehead atoms. The fourth-order valence-electron chi connectivity index (χ4n) is 1.51. The van der Waals surface area contributed by atoms with Crippen molar-refractivity contribution in [2.45, 2.75) is 23.9 Å². The van der Waals surface area contributed by atoms with Crippen LogP contribution in [0.2, 0.25) is 0 Å². The largest absolute Gasteiger partial charge is 0.478 e. The SMILES string of the molecule is O=C(O)c1cc(OC#CC(F)(F)C(F)(F)C(F)(F)C(F)(F)F)cc(C(=O)O)c1. The van der Waals surface area contributed by atoms with E-state index in [2.05, 4.69) is 4.74 Å². The predicted octanol–water partition coefficient (Wildman–Crippen LogP) is 3.89. The van der Waals surface area contributed by atoms with Crippen LogP contribution in [0.5, 0.6) is 5.75 Å². The number of carbonyl (C=O) groups is 2. The zero-order valence-corrected chi connectivity index (χ0v) is 12.8. The Balaban J connectivity index is 3.25. The lowest BCUT2D eigenvalue weighted by Gasteiger charge is -2.30. The van der Waals surface area contributed by atoms with Crippen molar-refractivity contribution in [2.24, 2.45) is 0 Å². The Bertz CT molecular complexity index is 817. The first-order valence-electron chi connectivity index (χ1n) is 6.45. The van der Waals surface area contributed by atoms with Crippen LogP contribution in [0, 0.1) is 12.0 Å². The highest BCUT2D eigenvalue weighted by atomic mass is 19.4. The van der Waals surface area contributed by atoms with Crippen molar-refractivity contribution in [3.05, 3.63) is 29.3 Å². The molecule has 0 saturated heterocycles. The normalized spacial score (nSPS) is 12.8. The van der Waals surface area contributed by atoms with Gasteiger partial charge in [-0.1, -0.05) is 0 Å². The second-order valence-electron chi connectivity index (χ2n) is 4.91. The maximum absolute atomic E-state index is 13.2. The van der Waals surface area contributed by atoms with Gasteiger partial charge in [-0.3, -0.25) is 0 Å². The van der Waals surface area contributed by atoms with E-state index in [4.69, 9.17) is 10.2 Å². The maximum atomic E-state index is 13.2. The minimum absolute atomic E-state index is 0.0929. The number of ether oxygens (including phenoxy) is 1. The number of hydrogen-bond acceptors (Lipinski definition) is 3. The highest BCUT2D eigenvalue weighted by Gasteiger charge is 2.81. The third kappa shape index (κ3) is 4.24. The van der Waals surface area contributed by atoms with Gasteiger partial charge in [0.15, 0.2) is 0 Å². The van der Waals surface area contributed by atoms with E-state index in [1.165, 1.54) is 0 Å². The summed E-state index contributed by atoms with van der Waals surface area (Å²) in [7, 11) is 0. The summed E-state index contributed by atoms with van der Waals surface area (Å²) in [5.41, 5.74) is -1.53. The average molecular weight is 424 g/mol. The standard InChI is InChI=1S/C14H5F9O5/c15-11(16,12(17,18)13(19,20)14(21,22)23)1-2-28-8-4-6(9(24)25)3-7(5-8)10(26)27/h3-5H,(H,24,25)(H,26,27). The van der Waals surface area contributed by atoms with Crippen molar-refractivity contribution in [3.63, 3.8) is 0 Å². The Hall–Kier alpha value is -3.11. The van der Waals surface area contributed by atoms with E-state index in [1.54, 1.807) is 0 Å². The highest BCUT2D eigenvalue weighted by molar-refractivity contribution is 5.94. The van der Waals surface area contributed by atoms with Gasteiger partial charge in [-0.05, 0) is 18.2 Å². The van der Waals surface area contributed by atoms with Crippen molar-refractivity contribution in [1.29, 1.82) is 0 Å². The van der Waals surface area contributed by atoms with Crippen LogP contribution in [0.3, 0.4) is 0 Å². The van der Waals surface area contributed by atoms with E-state index in [1.807, 2.05) is 0 Å². The molecule has 14 heteroatoms. The molecule has 5 nitrogen and oxygen atoms in total. The van der Waals surface area contributed by atoms with Gasteiger partial charge in [0.25, 0.3) is 0 Å². The zero-order valence-electron chi connectivity index (χ0n) is 12.8. The Labute approximate surface area is 148 Å². The highest BCUT2D eigenvalue weighted by Crippen LogP contribution is 2.52. The van der Waals surface area contributed by atoms with Crippen LogP contribution in [0.1, 0.15) is 20.7 Å². The summed E-state index contributed by atoms with van der Waals surface area (Å²) in [5, 5.41) is 17.5. The number of aromatic carboxylic acids is 2. The molecule has 1 aromatic rings. The van der Waals surface area contributed by atoms with Crippen molar-refractivity contribution < 1.29 is 64.1 Å².